The van der Waals surface area contributed by atoms with Gasteiger partial charge in [-0.25, -0.2) is 8.42 Å². The first-order valence-corrected chi connectivity index (χ1v) is 8.27. The quantitative estimate of drug-likeness (QED) is 0.836. The zero-order valence-electron chi connectivity index (χ0n) is 12.1. The number of sulfone groups is 1. The minimum absolute atomic E-state index is 0.281. The van der Waals surface area contributed by atoms with Crippen LogP contribution in [-0.4, -0.2) is 24.8 Å². The normalized spacial score (nSPS) is 14.6. The lowest BCUT2D eigenvalue weighted by atomic mass is 10.2. The lowest BCUT2D eigenvalue weighted by Crippen LogP contribution is -2.37. The van der Waals surface area contributed by atoms with E-state index in [2.05, 4.69) is 5.32 Å². The zero-order valence-corrected chi connectivity index (χ0v) is 12.9. The number of amides is 1. The van der Waals surface area contributed by atoms with Gasteiger partial charge in [0.25, 0.3) is 0 Å². The summed E-state index contributed by atoms with van der Waals surface area (Å²) in [6, 6.07) is 7.09. The second kappa shape index (κ2) is 6.85. The third-order valence-electron chi connectivity index (χ3n) is 3.49. The Morgan fingerprint density at radius 1 is 1.30 bits per heavy atom. The molecule has 2 unspecified atom stereocenters. The fourth-order valence-electron chi connectivity index (χ4n) is 1.78. The molecule has 1 aromatic carbocycles. The molecule has 20 heavy (non-hydrogen) atoms. The van der Waals surface area contributed by atoms with Gasteiger partial charge in [0.2, 0.25) is 5.91 Å². The number of nitrogens with two attached hydrogens (primary N) is 1. The number of hydrogen-bond donors (Lipinski definition) is 2. The first kappa shape index (κ1) is 16.7. The van der Waals surface area contributed by atoms with Crippen molar-refractivity contribution in [3.05, 3.63) is 29.8 Å². The average Bonchev–Trinajstić information content (AvgIpc) is 2.45. The molecule has 0 saturated carbocycles. The molecule has 0 bridgehead atoms. The van der Waals surface area contributed by atoms with E-state index in [-0.39, 0.29) is 6.54 Å². The van der Waals surface area contributed by atoms with Crippen molar-refractivity contribution in [1.29, 1.82) is 0 Å². The van der Waals surface area contributed by atoms with Crippen molar-refractivity contribution < 1.29 is 13.2 Å². The van der Waals surface area contributed by atoms with Gasteiger partial charge >= 0.3 is 0 Å². The smallest absolute Gasteiger partial charge is 0.242 e. The standard InChI is InChI=1S/C14H22N2O3S/c1-4-10(2)20(18,19)11(3)14(17)16-13-8-6-5-7-12(13)9-15/h5-8,10-11H,4,9,15H2,1-3H3,(H,16,17). The average molecular weight is 298 g/mol. The minimum Gasteiger partial charge on any atom is -0.326 e. The summed E-state index contributed by atoms with van der Waals surface area (Å²) in [7, 11) is -3.47. The van der Waals surface area contributed by atoms with E-state index in [1.54, 1.807) is 32.0 Å². The highest BCUT2D eigenvalue weighted by molar-refractivity contribution is 7.93. The van der Waals surface area contributed by atoms with Crippen molar-refractivity contribution in [2.45, 2.75) is 44.2 Å². The third kappa shape index (κ3) is 3.58. The molecule has 3 N–H and O–H groups in total. The molecule has 2 atom stereocenters. The van der Waals surface area contributed by atoms with Crippen LogP contribution >= 0.6 is 0 Å². The van der Waals surface area contributed by atoms with Crippen LogP contribution in [0.2, 0.25) is 0 Å². The Labute approximate surface area is 120 Å². The van der Waals surface area contributed by atoms with Crippen molar-refractivity contribution in [3.8, 4) is 0 Å². The van der Waals surface area contributed by atoms with Crippen LogP contribution in [0.5, 0.6) is 0 Å². The van der Waals surface area contributed by atoms with Gasteiger partial charge in [-0.2, -0.15) is 0 Å². The van der Waals surface area contributed by atoms with Crippen molar-refractivity contribution in [3.63, 3.8) is 0 Å². The van der Waals surface area contributed by atoms with Gasteiger partial charge in [-0.15, -0.1) is 0 Å². The summed E-state index contributed by atoms with van der Waals surface area (Å²) in [6.45, 7) is 5.11. The zero-order chi connectivity index (χ0) is 15.3. The Morgan fingerprint density at radius 2 is 1.90 bits per heavy atom. The number of anilines is 1. The van der Waals surface area contributed by atoms with Crippen LogP contribution in [0.1, 0.15) is 32.8 Å². The van der Waals surface area contributed by atoms with Crippen molar-refractivity contribution in [2.24, 2.45) is 5.73 Å². The molecule has 0 fully saturated rings. The summed E-state index contributed by atoms with van der Waals surface area (Å²) in [6.07, 6.45) is 0.485. The Morgan fingerprint density at radius 3 is 2.45 bits per heavy atom. The van der Waals surface area contributed by atoms with Gasteiger partial charge < -0.3 is 11.1 Å². The number of nitrogens with one attached hydrogen (secondary N) is 1. The van der Waals surface area contributed by atoms with Crippen LogP contribution in [0.3, 0.4) is 0 Å². The molecule has 1 rings (SSSR count). The van der Waals surface area contributed by atoms with Gasteiger partial charge in [0.15, 0.2) is 9.84 Å². The SMILES string of the molecule is CCC(C)S(=O)(=O)C(C)C(=O)Nc1ccccc1CN. The number of para-hydroxylation sites is 1. The van der Waals surface area contributed by atoms with Crippen LogP contribution in [-0.2, 0) is 21.2 Å². The van der Waals surface area contributed by atoms with E-state index in [1.165, 1.54) is 6.92 Å². The van der Waals surface area contributed by atoms with Crippen LogP contribution in [0.4, 0.5) is 5.69 Å². The predicted molar refractivity (Wildman–Crippen MR) is 81.1 cm³/mol. The van der Waals surface area contributed by atoms with Crippen LogP contribution in [0.25, 0.3) is 0 Å². The Hall–Kier alpha value is -1.40. The molecular weight excluding hydrogens is 276 g/mol. The molecule has 1 amide bonds. The molecule has 0 aliphatic carbocycles. The number of benzene rings is 1. The van der Waals surface area contributed by atoms with E-state index < -0.39 is 26.2 Å². The van der Waals surface area contributed by atoms with E-state index >= 15 is 0 Å². The number of hydrogen-bond acceptors (Lipinski definition) is 4. The fourth-order valence-corrected chi connectivity index (χ4v) is 3.30. The molecule has 0 radical (unpaired) electrons. The Bertz CT molecular complexity index is 570. The van der Waals surface area contributed by atoms with Gasteiger partial charge in [-0.05, 0) is 31.9 Å². The predicted octanol–water partition coefficient (Wildman–Crippen LogP) is 1.69. The highest BCUT2D eigenvalue weighted by Gasteiger charge is 2.32. The van der Waals surface area contributed by atoms with Crippen LogP contribution in [0, 0.1) is 0 Å². The number of rotatable bonds is 6. The van der Waals surface area contributed by atoms with Gasteiger partial charge in [0.05, 0.1) is 5.25 Å². The van der Waals surface area contributed by atoms with E-state index in [1.807, 2.05) is 6.07 Å². The lowest BCUT2D eigenvalue weighted by Gasteiger charge is -2.18. The van der Waals surface area contributed by atoms with Crippen LogP contribution in [0.15, 0.2) is 24.3 Å². The maximum atomic E-state index is 12.2. The molecule has 6 heteroatoms. The van der Waals surface area contributed by atoms with Crippen molar-refractivity contribution >= 4 is 21.4 Å². The molecule has 0 saturated heterocycles. The first-order chi connectivity index (χ1) is 9.34. The number of carbonyl (C=O) groups is 1. The molecule has 112 valence electrons. The van der Waals surface area contributed by atoms with E-state index in [0.29, 0.717) is 12.1 Å². The maximum Gasteiger partial charge on any atom is 0.242 e. The van der Waals surface area contributed by atoms with E-state index in [4.69, 9.17) is 5.73 Å². The number of carbonyl (C=O) groups excluding carboxylic acids is 1. The third-order valence-corrected chi connectivity index (χ3v) is 6.15. The molecule has 0 heterocycles. The van der Waals surface area contributed by atoms with Gasteiger partial charge in [0.1, 0.15) is 5.25 Å². The lowest BCUT2D eigenvalue weighted by molar-refractivity contribution is -0.115. The minimum atomic E-state index is -3.47. The summed E-state index contributed by atoms with van der Waals surface area (Å²) >= 11 is 0. The molecule has 5 nitrogen and oxygen atoms in total. The summed E-state index contributed by atoms with van der Waals surface area (Å²) in [5, 5.41) is 1.03. The van der Waals surface area contributed by atoms with Crippen molar-refractivity contribution in [2.75, 3.05) is 5.32 Å². The van der Waals surface area contributed by atoms with Gasteiger partial charge in [-0.3, -0.25) is 4.79 Å². The van der Waals surface area contributed by atoms with Gasteiger partial charge in [-0.1, -0.05) is 25.1 Å². The summed E-state index contributed by atoms with van der Waals surface area (Å²) in [4.78, 5) is 12.1. The monoisotopic (exact) mass is 298 g/mol. The molecule has 0 aliphatic heterocycles. The van der Waals surface area contributed by atoms with Gasteiger partial charge in [0, 0.05) is 12.2 Å². The fraction of sp³-hybridized carbons (Fsp3) is 0.500. The largest absolute Gasteiger partial charge is 0.326 e. The molecular formula is C14H22N2O3S. The summed E-state index contributed by atoms with van der Waals surface area (Å²) in [5.41, 5.74) is 6.92. The highest BCUT2D eigenvalue weighted by Crippen LogP contribution is 2.18. The second-order valence-corrected chi connectivity index (χ2v) is 7.49. The molecule has 1 aromatic rings. The first-order valence-electron chi connectivity index (χ1n) is 6.66. The topological polar surface area (TPSA) is 89.3 Å². The molecule has 0 spiro atoms. The van der Waals surface area contributed by atoms with E-state index in [9.17, 15) is 13.2 Å². The summed E-state index contributed by atoms with van der Waals surface area (Å²) < 4.78 is 24.3. The highest BCUT2D eigenvalue weighted by atomic mass is 32.2. The Balaban J connectivity index is 2.91. The second-order valence-electron chi connectivity index (χ2n) is 4.80. The van der Waals surface area contributed by atoms with Crippen molar-refractivity contribution in [1.82, 2.24) is 0 Å². The van der Waals surface area contributed by atoms with E-state index in [0.717, 1.165) is 5.56 Å². The molecule has 0 aliphatic rings. The maximum absolute atomic E-state index is 12.2. The Kier molecular flexibility index (Phi) is 5.71. The van der Waals surface area contributed by atoms with Crippen LogP contribution < -0.4 is 11.1 Å². The summed E-state index contributed by atoms with van der Waals surface area (Å²) in [5.74, 6) is -0.522. The molecule has 0 aromatic heterocycles.